The number of hydrogen-bond acceptors (Lipinski definition) is 3. The van der Waals surface area contributed by atoms with Gasteiger partial charge in [0.15, 0.2) is 0 Å². The second-order valence-corrected chi connectivity index (χ2v) is 4.59. The maximum absolute atomic E-state index is 11.6. The standard InChI is InChI=1S/C12H15NO3/c14-11-8-9(10-2-1-5-16-10)12(13-11)3-6-15-7-4-12/h1-2,5,9H,3-4,6-8H2,(H,13,14). The Bertz CT molecular complexity index is 379. The normalized spacial score (nSPS) is 28.2. The monoisotopic (exact) mass is 221 g/mol. The fourth-order valence-electron chi connectivity index (χ4n) is 2.87. The lowest BCUT2D eigenvalue weighted by molar-refractivity contribution is -0.120. The van der Waals surface area contributed by atoms with Crippen LogP contribution in [-0.2, 0) is 9.53 Å². The summed E-state index contributed by atoms with van der Waals surface area (Å²) in [5.74, 6) is 1.21. The van der Waals surface area contributed by atoms with Crippen molar-refractivity contribution in [3.8, 4) is 0 Å². The van der Waals surface area contributed by atoms with Crippen molar-refractivity contribution in [3.05, 3.63) is 24.2 Å². The van der Waals surface area contributed by atoms with Gasteiger partial charge in [0, 0.05) is 25.6 Å². The number of carbonyl (C=O) groups is 1. The number of nitrogens with one attached hydrogen (secondary N) is 1. The first-order chi connectivity index (χ1) is 7.80. The molecule has 16 heavy (non-hydrogen) atoms. The molecule has 4 nitrogen and oxygen atoms in total. The van der Waals surface area contributed by atoms with Crippen LogP contribution in [0.3, 0.4) is 0 Å². The van der Waals surface area contributed by atoms with Crippen LogP contribution in [0.2, 0.25) is 0 Å². The zero-order valence-corrected chi connectivity index (χ0v) is 9.07. The van der Waals surface area contributed by atoms with E-state index in [0.717, 1.165) is 31.8 Å². The van der Waals surface area contributed by atoms with Crippen molar-refractivity contribution < 1.29 is 13.9 Å². The molecule has 1 spiro atoms. The number of furan rings is 1. The number of rotatable bonds is 1. The maximum Gasteiger partial charge on any atom is 0.221 e. The molecule has 2 fully saturated rings. The molecule has 86 valence electrons. The van der Waals surface area contributed by atoms with Crippen LogP contribution in [0.25, 0.3) is 0 Å². The molecule has 1 aromatic heterocycles. The van der Waals surface area contributed by atoms with Gasteiger partial charge >= 0.3 is 0 Å². The highest BCUT2D eigenvalue weighted by atomic mass is 16.5. The van der Waals surface area contributed by atoms with Crippen molar-refractivity contribution in [1.82, 2.24) is 5.32 Å². The molecule has 0 bridgehead atoms. The predicted molar refractivity (Wildman–Crippen MR) is 57.0 cm³/mol. The molecule has 4 heteroatoms. The van der Waals surface area contributed by atoms with Crippen LogP contribution in [0.1, 0.15) is 30.9 Å². The van der Waals surface area contributed by atoms with E-state index in [0.29, 0.717) is 6.42 Å². The van der Waals surface area contributed by atoms with Crippen molar-refractivity contribution in [1.29, 1.82) is 0 Å². The number of ether oxygens (including phenoxy) is 1. The minimum absolute atomic E-state index is 0.128. The van der Waals surface area contributed by atoms with Gasteiger partial charge in [0.1, 0.15) is 5.76 Å². The van der Waals surface area contributed by atoms with Gasteiger partial charge in [-0.1, -0.05) is 0 Å². The molecule has 2 saturated heterocycles. The van der Waals surface area contributed by atoms with Gasteiger partial charge in [0.05, 0.1) is 11.8 Å². The second-order valence-electron chi connectivity index (χ2n) is 4.59. The molecule has 1 N–H and O–H groups in total. The molecular formula is C12H15NO3. The molecule has 0 aliphatic carbocycles. The summed E-state index contributed by atoms with van der Waals surface area (Å²) in [6.45, 7) is 1.44. The molecule has 0 radical (unpaired) electrons. The van der Waals surface area contributed by atoms with Gasteiger partial charge in [-0.05, 0) is 25.0 Å². The predicted octanol–water partition coefficient (Wildman–Crippen LogP) is 1.43. The smallest absolute Gasteiger partial charge is 0.221 e. The minimum atomic E-state index is -0.132. The summed E-state index contributed by atoms with van der Waals surface area (Å²) < 4.78 is 10.8. The summed E-state index contributed by atoms with van der Waals surface area (Å²) in [7, 11) is 0. The van der Waals surface area contributed by atoms with E-state index in [9.17, 15) is 4.79 Å². The third kappa shape index (κ3) is 1.45. The van der Waals surface area contributed by atoms with Crippen molar-refractivity contribution in [3.63, 3.8) is 0 Å². The largest absolute Gasteiger partial charge is 0.469 e. The lowest BCUT2D eigenvalue weighted by Gasteiger charge is -2.37. The van der Waals surface area contributed by atoms with Crippen LogP contribution in [0.5, 0.6) is 0 Å². The van der Waals surface area contributed by atoms with Gasteiger partial charge in [-0.2, -0.15) is 0 Å². The van der Waals surface area contributed by atoms with E-state index in [1.165, 1.54) is 0 Å². The molecule has 3 rings (SSSR count). The third-order valence-corrected chi connectivity index (χ3v) is 3.72. The Morgan fingerprint density at radius 1 is 1.38 bits per heavy atom. The Morgan fingerprint density at radius 2 is 2.19 bits per heavy atom. The molecule has 0 saturated carbocycles. The zero-order chi connectivity index (χ0) is 11.0. The fraction of sp³-hybridized carbons (Fsp3) is 0.583. The Hall–Kier alpha value is -1.29. The Kier molecular flexibility index (Phi) is 2.24. The highest BCUT2D eigenvalue weighted by Gasteiger charge is 2.49. The van der Waals surface area contributed by atoms with Gasteiger partial charge in [-0.3, -0.25) is 4.79 Å². The van der Waals surface area contributed by atoms with Crippen molar-refractivity contribution >= 4 is 5.91 Å². The average molecular weight is 221 g/mol. The molecule has 2 aliphatic heterocycles. The summed E-state index contributed by atoms with van der Waals surface area (Å²) in [5, 5.41) is 3.13. The Balaban J connectivity index is 1.93. The highest BCUT2D eigenvalue weighted by Crippen LogP contribution is 2.42. The van der Waals surface area contributed by atoms with Crippen LogP contribution < -0.4 is 5.32 Å². The number of hydrogen-bond donors (Lipinski definition) is 1. The van der Waals surface area contributed by atoms with E-state index in [1.54, 1.807) is 6.26 Å². The van der Waals surface area contributed by atoms with Gasteiger partial charge in [-0.25, -0.2) is 0 Å². The zero-order valence-electron chi connectivity index (χ0n) is 9.07. The summed E-state index contributed by atoms with van der Waals surface area (Å²) in [5.41, 5.74) is -0.132. The van der Waals surface area contributed by atoms with Gasteiger partial charge < -0.3 is 14.5 Å². The molecule has 2 aliphatic rings. The fourth-order valence-corrected chi connectivity index (χ4v) is 2.87. The van der Waals surface area contributed by atoms with E-state index in [2.05, 4.69) is 5.32 Å². The van der Waals surface area contributed by atoms with Crippen molar-refractivity contribution in [2.45, 2.75) is 30.7 Å². The average Bonchev–Trinajstić information content (AvgIpc) is 2.88. The maximum atomic E-state index is 11.6. The highest BCUT2D eigenvalue weighted by molar-refractivity contribution is 5.81. The van der Waals surface area contributed by atoms with E-state index in [-0.39, 0.29) is 17.4 Å². The molecule has 3 heterocycles. The topological polar surface area (TPSA) is 51.5 Å². The van der Waals surface area contributed by atoms with Crippen LogP contribution in [-0.4, -0.2) is 24.7 Å². The van der Waals surface area contributed by atoms with Gasteiger partial charge in [-0.15, -0.1) is 0 Å². The first-order valence-electron chi connectivity index (χ1n) is 5.72. The third-order valence-electron chi connectivity index (χ3n) is 3.72. The van der Waals surface area contributed by atoms with Crippen LogP contribution in [0.4, 0.5) is 0 Å². The lowest BCUT2D eigenvalue weighted by Crippen LogP contribution is -2.49. The first-order valence-corrected chi connectivity index (χ1v) is 5.72. The first kappa shape index (κ1) is 9.90. The SMILES string of the molecule is O=C1CC(c2ccco2)C2(CCOCC2)N1. The number of amides is 1. The molecule has 1 unspecified atom stereocenters. The van der Waals surface area contributed by atoms with Crippen LogP contribution in [0, 0.1) is 0 Å². The quantitative estimate of drug-likeness (QED) is 0.780. The van der Waals surface area contributed by atoms with Crippen molar-refractivity contribution in [2.24, 2.45) is 0 Å². The van der Waals surface area contributed by atoms with Crippen LogP contribution >= 0.6 is 0 Å². The number of carbonyl (C=O) groups excluding carboxylic acids is 1. The second kappa shape index (κ2) is 3.63. The molecule has 1 aromatic rings. The molecule has 0 aromatic carbocycles. The van der Waals surface area contributed by atoms with Crippen molar-refractivity contribution in [2.75, 3.05) is 13.2 Å². The minimum Gasteiger partial charge on any atom is -0.469 e. The Labute approximate surface area is 94.0 Å². The summed E-state index contributed by atoms with van der Waals surface area (Å²) >= 11 is 0. The Morgan fingerprint density at radius 3 is 2.88 bits per heavy atom. The molecular weight excluding hydrogens is 206 g/mol. The van der Waals surface area contributed by atoms with Crippen LogP contribution in [0.15, 0.2) is 22.8 Å². The van der Waals surface area contributed by atoms with E-state index in [4.69, 9.17) is 9.15 Å². The molecule has 1 amide bonds. The summed E-state index contributed by atoms with van der Waals surface area (Å²) in [6.07, 6.45) is 3.97. The van der Waals surface area contributed by atoms with Gasteiger partial charge in [0.2, 0.25) is 5.91 Å². The summed E-state index contributed by atoms with van der Waals surface area (Å²) in [4.78, 5) is 11.6. The van der Waals surface area contributed by atoms with E-state index < -0.39 is 0 Å². The van der Waals surface area contributed by atoms with Gasteiger partial charge in [0.25, 0.3) is 0 Å². The molecule has 1 atom stereocenters. The summed E-state index contributed by atoms with van der Waals surface area (Å²) in [6, 6.07) is 3.84. The van der Waals surface area contributed by atoms with E-state index in [1.807, 2.05) is 12.1 Å². The lowest BCUT2D eigenvalue weighted by atomic mass is 9.78. The van der Waals surface area contributed by atoms with E-state index >= 15 is 0 Å².